The minimum atomic E-state index is -3.99. The molecule has 2 unspecified atom stereocenters. The van der Waals surface area contributed by atoms with Crippen molar-refractivity contribution in [1.29, 1.82) is 0 Å². The molecule has 0 radical (unpaired) electrons. The topological polar surface area (TPSA) is 337 Å². The van der Waals surface area contributed by atoms with E-state index in [1.807, 2.05) is 60.7 Å². The molecule has 31 heteroatoms. The van der Waals surface area contributed by atoms with Crippen LogP contribution in [0, 0.1) is 9.49 Å². The van der Waals surface area contributed by atoms with Crippen molar-refractivity contribution < 1.29 is 77.1 Å². The van der Waals surface area contributed by atoms with Gasteiger partial charge in [0.1, 0.15) is 38.1 Å². The second-order valence-corrected chi connectivity index (χ2v) is 33.9. The number of carbonyl (C=O) groups is 2. The molecular weight excluding hydrogens is 1680 g/mol. The molecule has 10 N–H and O–H groups in total. The van der Waals surface area contributed by atoms with Gasteiger partial charge in [-0.05, 0) is 185 Å². The zero-order chi connectivity index (χ0) is 81.5. The number of ketones is 1. The first-order valence-electron chi connectivity index (χ1n) is 33.7. The van der Waals surface area contributed by atoms with Gasteiger partial charge in [0, 0.05) is 109 Å². The number of nitrogens with two attached hydrogens (primary N) is 4. The minimum Gasteiger partial charge on any atom is -0.384 e. The molecule has 1 fully saturated rings. The van der Waals surface area contributed by atoms with Crippen molar-refractivity contribution >= 4 is 144 Å². The molecule has 0 bridgehead atoms. The van der Waals surface area contributed by atoms with E-state index >= 15 is 0 Å². The van der Waals surface area contributed by atoms with Crippen LogP contribution in [0.15, 0.2) is 264 Å². The van der Waals surface area contributed by atoms with E-state index in [0.29, 0.717) is 47.2 Å². The summed E-state index contributed by atoms with van der Waals surface area (Å²) in [7, 11) is -15.8. The fraction of sp³-hybridized carbons (Fsp3) is 0.212. The maximum Gasteiger partial charge on any atom is 1.00 e. The first-order chi connectivity index (χ1) is 51.9. The van der Waals surface area contributed by atoms with E-state index in [1.54, 1.807) is 48.6 Å². The van der Waals surface area contributed by atoms with Gasteiger partial charge in [-0.25, -0.2) is 54.2 Å². The van der Waals surface area contributed by atoms with Gasteiger partial charge in [-0.1, -0.05) is 137 Å². The van der Waals surface area contributed by atoms with Crippen molar-refractivity contribution in [3.05, 3.63) is 313 Å². The smallest absolute Gasteiger partial charge is 0.384 e. The Bertz CT molecular complexity index is 4930. The van der Waals surface area contributed by atoms with Gasteiger partial charge < -0.3 is 40.5 Å². The molecule has 0 aliphatic carbocycles. The molecule has 0 saturated carbocycles. The Labute approximate surface area is 699 Å². The molecule has 0 aromatic heterocycles. The number of benzene rings is 8. The molecule has 8 aromatic carbocycles. The van der Waals surface area contributed by atoms with E-state index in [1.165, 1.54) is 82.6 Å². The van der Waals surface area contributed by atoms with Crippen LogP contribution < -0.4 is 59.0 Å². The summed E-state index contributed by atoms with van der Waals surface area (Å²) in [6.45, 7) is 29.7. The van der Waals surface area contributed by atoms with Gasteiger partial charge in [0.15, 0.2) is 5.78 Å². The number of hydrogen-bond acceptors (Lipinski definition) is 17. The number of anilines is 4. The third-order valence-electron chi connectivity index (χ3n) is 15.7. The van der Waals surface area contributed by atoms with E-state index in [9.17, 15) is 53.5 Å². The second-order valence-electron chi connectivity index (χ2n) is 24.9. The van der Waals surface area contributed by atoms with Crippen molar-refractivity contribution in [3.8, 4) is 0 Å². The number of hydrogen-bond donors (Lipinski definition) is 6. The van der Waals surface area contributed by atoms with Crippen LogP contribution in [-0.2, 0) is 44.8 Å². The first-order valence-corrected chi connectivity index (χ1v) is 42.5. The predicted octanol–water partition coefficient (Wildman–Crippen LogP) is 12.0. The van der Waals surface area contributed by atoms with Crippen molar-refractivity contribution in [3.63, 3.8) is 0 Å². The first kappa shape index (κ1) is 96.1. The fourth-order valence-corrected chi connectivity index (χ4v) is 15.0. The molecule has 111 heavy (non-hydrogen) atoms. The number of carbonyl (C=O) groups excluding carboxylic acids is 2. The molecule has 2 atom stereocenters. The van der Waals surface area contributed by atoms with Gasteiger partial charge in [-0.3, -0.25) is 9.59 Å². The molecule has 3 aliphatic heterocycles. The summed E-state index contributed by atoms with van der Waals surface area (Å²) < 4.78 is 97.4. The molecule has 588 valence electrons. The summed E-state index contributed by atoms with van der Waals surface area (Å²) in [5.41, 5.74) is 7.25. The Balaban J connectivity index is 0.000000289. The van der Waals surface area contributed by atoms with Crippen LogP contribution >= 0.6 is 69.0 Å². The van der Waals surface area contributed by atoms with Crippen molar-refractivity contribution in [1.82, 2.24) is 0 Å². The number of rotatable bonds is 23. The van der Waals surface area contributed by atoms with Crippen LogP contribution in [0.3, 0.4) is 0 Å². The number of halogens is 5. The normalized spacial score (nSPS) is 13.3. The Hall–Kier alpha value is -7.25. The van der Waals surface area contributed by atoms with E-state index in [0.717, 1.165) is 75.6 Å². The molecule has 3 aliphatic rings. The van der Waals surface area contributed by atoms with Gasteiger partial charge in [0.25, 0.3) is 0 Å². The molecule has 8 aromatic rings. The van der Waals surface area contributed by atoms with Crippen LogP contribution in [0.4, 0.5) is 22.7 Å². The van der Waals surface area contributed by atoms with Gasteiger partial charge in [0.2, 0.25) is 40.1 Å². The van der Waals surface area contributed by atoms with Gasteiger partial charge in [-0.2, -0.15) is 20.8 Å². The maximum atomic E-state index is 12.6. The third kappa shape index (κ3) is 31.6. The van der Waals surface area contributed by atoms with Gasteiger partial charge in [0.05, 0.1) is 20.1 Å². The van der Waals surface area contributed by atoms with Crippen LogP contribution in [-0.4, -0.2) is 122 Å². The van der Waals surface area contributed by atoms with Crippen molar-refractivity contribution in [2.24, 2.45) is 20.6 Å². The van der Waals surface area contributed by atoms with Crippen molar-refractivity contribution in [2.75, 3.05) is 85.2 Å². The largest absolute Gasteiger partial charge is 1.00 e. The molecular formula is C80H90Cl4ILiN8O13S4. The zero-order valence-corrected chi connectivity index (χ0v) is 70.3. The average Bonchev–Trinajstić information content (AvgIpc) is 1.42. The number of aliphatic hydroxyl groups is 2. The minimum absolute atomic E-state index is 0. The van der Waals surface area contributed by atoms with Crippen LogP contribution in [0.1, 0.15) is 94.4 Å². The molecule has 1 saturated heterocycles. The molecule has 3 heterocycles. The number of aliphatic hydroxyl groups excluding tert-OH is 2. The van der Waals surface area contributed by atoms with Crippen LogP contribution in [0.2, 0.25) is 20.1 Å². The zero-order valence-electron chi connectivity index (χ0n) is 61.8. The van der Waals surface area contributed by atoms with E-state index in [2.05, 4.69) is 138 Å². The standard InChI is InChI=1S/C19H21ClN2O3S.C17H17ClN2O3S.C17H15ClN2O3S.C12H14IN.C7H6ClNO3S.C4H8O.C4H9.Li/c1-3-11-22(12-4-2)16-8-5-14(6-9-16)19(23)15-7-10-17(20)18(13-15)26(21,24)25;2*18-15-8-5-13(11-16(15)24(19,22)23)17(21)12-3-6-14(7-4-12)20-9-1-2-10-20;1-3-9-14(10-4-2)12-7-5-11(13)6-8-12;8-6-2-1-5(4-10)3-7(6)13(9,11)12;1-2-4-5-3-1;1-4(2)3;/h3-10,13,19,23H,1-2,11-12H2,(H2,21,24,25);1-8,11,17,21H,9-10H2,(H2,19,22,23);1-8,11H,9-10H2,(H2,19,22,23);3-8H,1-2,9-10H2;1-4H,(H2,9,11,12);1-4H2;1-3H3;/q;;;;;;-1;+1. The number of sulfonamides is 4. The Morgan fingerprint density at radius 2 is 0.775 bits per heavy atom. The summed E-state index contributed by atoms with van der Waals surface area (Å²) in [5, 5.41) is 41.4. The fourth-order valence-electron chi connectivity index (χ4n) is 10.3. The third-order valence-corrected chi connectivity index (χ3v) is 22.0. The Morgan fingerprint density at radius 1 is 0.477 bits per heavy atom. The Kier molecular flexibility index (Phi) is 40.5. The monoisotopic (exact) mass is 1770 g/mol. The van der Waals surface area contributed by atoms with Crippen LogP contribution in [0.25, 0.3) is 0 Å². The summed E-state index contributed by atoms with van der Waals surface area (Å²) in [6, 6.07) is 46.9. The summed E-state index contributed by atoms with van der Waals surface area (Å²) >= 11 is 25.5. The molecule has 21 nitrogen and oxygen atoms in total. The van der Waals surface area contributed by atoms with E-state index in [-0.39, 0.29) is 75.4 Å². The second kappa shape index (κ2) is 46.8. The summed E-state index contributed by atoms with van der Waals surface area (Å²) in [4.78, 5) is 30.6. The molecule has 0 spiro atoms. The van der Waals surface area contributed by atoms with Crippen molar-refractivity contribution in [2.45, 2.75) is 65.4 Å². The van der Waals surface area contributed by atoms with Gasteiger partial charge in [-0.15, -0.1) is 26.3 Å². The summed E-state index contributed by atoms with van der Waals surface area (Å²) in [5.74, 6) is 1.13. The number of ether oxygens (including phenoxy) is 1. The maximum absolute atomic E-state index is 12.6. The molecule has 11 rings (SSSR count). The number of aldehydes is 1. The summed E-state index contributed by atoms with van der Waals surface area (Å²) in [6.07, 6.45) is 16.9. The van der Waals surface area contributed by atoms with E-state index in [4.69, 9.17) is 71.7 Å². The van der Waals surface area contributed by atoms with Crippen LogP contribution in [0.5, 0.6) is 0 Å². The number of nitrogens with zero attached hydrogens (tertiary/aromatic N) is 4. The van der Waals surface area contributed by atoms with E-state index < -0.39 is 52.3 Å². The number of primary sulfonamides is 4. The molecule has 0 amide bonds. The van der Waals surface area contributed by atoms with Gasteiger partial charge >= 0.3 is 18.9 Å². The Morgan fingerprint density at radius 3 is 1.11 bits per heavy atom. The average molecular weight is 1780 g/mol. The SMILES string of the molecule is C1CCOC1.C=CCN(CC=C)c1ccc(C(O)c2ccc(Cl)c(S(N)(=O)=O)c2)cc1.C=CCN(CC=C)c1ccc(I)cc1.C[C-](C)C.NS(=O)(=O)c1cc(C(=O)c2ccc(N3CC=CC3)cc2)ccc1Cl.NS(=O)(=O)c1cc(C(O)c2ccc(N3CC=CC3)cc2)ccc1Cl.NS(=O)(=O)c1cc(C=O)ccc1Cl.[Li+]. The quantitative estimate of drug-likeness (QED) is 0.00865. The predicted molar refractivity (Wildman–Crippen MR) is 455 cm³/mol.